The predicted molar refractivity (Wildman–Crippen MR) is 133 cm³/mol. The number of hydrogen-bond acceptors (Lipinski definition) is 8. The summed E-state index contributed by atoms with van der Waals surface area (Å²) < 4.78 is 19.1. The van der Waals surface area contributed by atoms with Crippen molar-refractivity contribution in [3.8, 4) is 0 Å². The summed E-state index contributed by atoms with van der Waals surface area (Å²) in [4.78, 5) is 55.0. The van der Waals surface area contributed by atoms with Crippen molar-refractivity contribution in [3.05, 3.63) is 81.2 Å². The molecule has 1 aromatic heterocycles. The zero-order valence-corrected chi connectivity index (χ0v) is 20.5. The third-order valence-corrected chi connectivity index (χ3v) is 6.42. The molecule has 36 heavy (non-hydrogen) atoms. The summed E-state index contributed by atoms with van der Waals surface area (Å²) >= 11 is 7.08. The number of carbonyl (C=O) groups excluding carboxylic acids is 4. The topological polar surface area (TPSA) is 118 Å². The number of rotatable bonds is 7. The van der Waals surface area contributed by atoms with Crippen molar-refractivity contribution in [2.24, 2.45) is 0 Å². The van der Waals surface area contributed by atoms with Gasteiger partial charge in [0.1, 0.15) is 21.4 Å². The number of hydrogen-bond donors (Lipinski definition) is 2. The van der Waals surface area contributed by atoms with E-state index in [0.29, 0.717) is 21.2 Å². The minimum Gasteiger partial charge on any atom is -0.462 e. The first kappa shape index (κ1) is 25.0. The Balaban J connectivity index is 1.46. The van der Waals surface area contributed by atoms with Gasteiger partial charge in [-0.25, -0.2) is 19.1 Å². The maximum absolute atomic E-state index is 14.2. The molecule has 2 aromatic carbocycles. The highest BCUT2D eigenvalue weighted by Gasteiger charge is 2.40. The van der Waals surface area contributed by atoms with Crippen LogP contribution in [-0.2, 0) is 14.3 Å². The molecule has 0 bridgehead atoms. The van der Waals surface area contributed by atoms with Gasteiger partial charge in [-0.1, -0.05) is 35.1 Å². The highest BCUT2D eigenvalue weighted by atomic mass is 35.5. The van der Waals surface area contributed by atoms with Crippen molar-refractivity contribution in [1.82, 2.24) is 4.98 Å². The largest absolute Gasteiger partial charge is 0.462 e. The van der Waals surface area contributed by atoms with Gasteiger partial charge in [-0.05, 0) is 50.2 Å². The highest BCUT2D eigenvalue weighted by molar-refractivity contribution is 7.17. The van der Waals surface area contributed by atoms with Crippen LogP contribution in [0.5, 0.6) is 0 Å². The van der Waals surface area contributed by atoms with E-state index in [4.69, 9.17) is 16.3 Å². The average molecular weight is 529 g/mol. The minimum absolute atomic E-state index is 0.210. The third-order valence-electron chi connectivity index (χ3n) is 5.01. The standard InChI is InChI=1S/C24H18ClFN4O5S/c1-3-35-23(34)19-12(2)27-24(36-19)29-20(31)13-8-10-14(11-9-13)28-18-17(25)21(32)30(22(18)33)16-7-5-4-6-15(16)26/h4-11,28H,3H2,1-2H3,(H,27,29,31). The van der Waals surface area contributed by atoms with Crippen molar-refractivity contribution in [2.45, 2.75) is 13.8 Å². The maximum Gasteiger partial charge on any atom is 0.350 e. The number of nitrogens with one attached hydrogen (secondary N) is 2. The molecule has 1 aliphatic rings. The second kappa shape index (κ2) is 10.3. The number of anilines is 3. The summed E-state index contributed by atoms with van der Waals surface area (Å²) in [5, 5.41) is 5.24. The van der Waals surface area contributed by atoms with Gasteiger partial charge in [0.2, 0.25) is 0 Å². The van der Waals surface area contributed by atoms with Crippen molar-refractivity contribution in [3.63, 3.8) is 0 Å². The summed E-state index contributed by atoms with van der Waals surface area (Å²) in [6.07, 6.45) is 0. The van der Waals surface area contributed by atoms with Crippen molar-refractivity contribution in [2.75, 3.05) is 22.1 Å². The van der Waals surface area contributed by atoms with Crippen molar-refractivity contribution >= 4 is 63.1 Å². The monoisotopic (exact) mass is 528 g/mol. The Morgan fingerprint density at radius 3 is 2.47 bits per heavy atom. The number of halogens is 2. The molecule has 0 saturated carbocycles. The number of ether oxygens (including phenoxy) is 1. The lowest BCUT2D eigenvalue weighted by Gasteiger charge is -2.15. The van der Waals surface area contributed by atoms with E-state index in [1.807, 2.05) is 0 Å². The zero-order chi connectivity index (χ0) is 26.0. The number of aryl methyl sites for hydroxylation is 1. The number of aromatic nitrogens is 1. The first-order valence-electron chi connectivity index (χ1n) is 10.6. The molecule has 0 saturated heterocycles. The van der Waals surface area contributed by atoms with Gasteiger partial charge in [0.25, 0.3) is 17.7 Å². The molecule has 9 nitrogen and oxygen atoms in total. The van der Waals surface area contributed by atoms with E-state index in [-0.39, 0.29) is 33.7 Å². The third kappa shape index (κ3) is 4.83. The van der Waals surface area contributed by atoms with Crippen LogP contribution in [0.2, 0.25) is 0 Å². The lowest BCUT2D eigenvalue weighted by Crippen LogP contribution is -2.33. The van der Waals surface area contributed by atoms with E-state index in [1.54, 1.807) is 13.8 Å². The Bertz CT molecular complexity index is 1420. The number of nitrogens with zero attached hydrogens (tertiary/aromatic N) is 2. The van der Waals surface area contributed by atoms with Crippen LogP contribution in [0.3, 0.4) is 0 Å². The second-order valence-corrected chi connectivity index (χ2v) is 8.77. The molecule has 0 aliphatic carbocycles. The van der Waals surface area contributed by atoms with Gasteiger partial charge < -0.3 is 10.1 Å². The van der Waals surface area contributed by atoms with Gasteiger partial charge in [0.05, 0.1) is 18.0 Å². The van der Waals surface area contributed by atoms with Gasteiger partial charge >= 0.3 is 5.97 Å². The molecular weight excluding hydrogens is 511 g/mol. The first-order chi connectivity index (χ1) is 17.2. The smallest absolute Gasteiger partial charge is 0.350 e. The van der Waals surface area contributed by atoms with Gasteiger partial charge in [0, 0.05) is 11.3 Å². The normalized spacial score (nSPS) is 13.3. The summed E-state index contributed by atoms with van der Waals surface area (Å²) in [6.45, 7) is 3.56. The number of esters is 1. The lowest BCUT2D eigenvalue weighted by atomic mass is 10.2. The van der Waals surface area contributed by atoms with Gasteiger partial charge in [-0.2, -0.15) is 0 Å². The van der Waals surface area contributed by atoms with E-state index in [1.165, 1.54) is 42.5 Å². The second-order valence-electron chi connectivity index (χ2n) is 7.40. The number of carbonyl (C=O) groups is 4. The number of para-hydroxylation sites is 1. The fourth-order valence-corrected chi connectivity index (χ4v) is 4.39. The maximum atomic E-state index is 14.2. The van der Waals surface area contributed by atoms with E-state index in [2.05, 4.69) is 15.6 Å². The van der Waals surface area contributed by atoms with E-state index in [9.17, 15) is 23.6 Å². The molecule has 0 atom stereocenters. The molecule has 2 heterocycles. The van der Waals surface area contributed by atoms with Gasteiger partial charge in [-0.15, -0.1) is 0 Å². The Morgan fingerprint density at radius 1 is 1.11 bits per heavy atom. The fraction of sp³-hybridized carbons (Fsp3) is 0.125. The predicted octanol–water partition coefficient (Wildman–Crippen LogP) is 4.46. The minimum atomic E-state index is -0.855. The van der Waals surface area contributed by atoms with E-state index >= 15 is 0 Å². The molecule has 0 spiro atoms. The molecule has 2 N–H and O–H groups in total. The quantitative estimate of drug-likeness (QED) is 0.343. The van der Waals surface area contributed by atoms with Crippen LogP contribution < -0.4 is 15.5 Å². The zero-order valence-electron chi connectivity index (χ0n) is 18.9. The number of amides is 3. The molecule has 0 radical (unpaired) electrons. The summed E-state index contributed by atoms with van der Waals surface area (Å²) in [6, 6.07) is 11.3. The van der Waals surface area contributed by atoms with Crippen molar-refractivity contribution in [1.29, 1.82) is 0 Å². The van der Waals surface area contributed by atoms with Gasteiger partial charge in [-0.3, -0.25) is 19.7 Å². The van der Waals surface area contributed by atoms with Crippen LogP contribution in [0.15, 0.2) is 59.3 Å². The van der Waals surface area contributed by atoms with Gasteiger partial charge in [0.15, 0.2) is 5.13 Å². The average Bonchev–Trinajstić information content (AvgIpc) is 3.32. The SMILES string of the molecule is CCOC(=O)c1sc(NC(=O)c2ccc(NC3=C(Cl)C(=O)N(c4ccccc4F)C3=O)cc2)nc1C. The molecule has 0 unspecified atom stereocenters. The summed E-state index contributed by atoms with van der Waals surface area (Å²) in [7, 11) is 0. The fourth-order valence-electron chi connectivity index (χ4n) is 3.32. The number of benzene rings is 2. The summed E-state index contributed by atoms with van der Waals surface area (Å²) in [5.74, 6) is -3.39. The van der Waals surface area contributed by atoms with Crippen LogP contribution >= 0.6 is 22.9 Å². The highest BCUT2D eigenvalue weighted by Crippen LogP contribution is 2.31. The molecule has 184 valence electrons. The molecule has 4 rings (SSSR count). The van der Waals surface area contributed by atoms with Crippen LogP contribution in [0.25, 0.3) is 0 Å². The Kier molecular flexibility index (Phi) is 7.13. The summed E-state index contributed by atoms with van der Waals surface area (Å²) in [5.41, 5.74) is 0.655. The molecule has 1 aliphatic heterocycles. The first-order valence-corrected chi connectivity index (χ1v) is 11.8. The molecule has 3 aromatic rings. The number of imide groups is 1. The Labute approximate surface area is 213 Å². The van der Waals surface area contributed by atoms with Crippen LogP contribution in [0.1, 0.15) is 32.6 Å². The van der Waals surface area contributed by atoms with Crippen LogP contribution in [0.4, 0.5) is 20.9 Å². The molecule has 3 amide bonds. The Hall–Kier alpha value is -4.09. The van der Waals surface area contributed by atoms with Crippen LogP contribution in [0, 0.1) is 12.7 Å². The van der Waals surface area contributed by atoms with E-state index < -0.39 is 29.5 Å². The Morgan fingerprint density at radius 2 is 1.81 bits per heavy atom. The molecular formula is C24H18ClFN4O5S. The van der Waals surface area contributed by atoms with Crippen LogP contribution in [-0.4, -0.2) is 35.3 Å². The molecule has 0 fully saturated rings. The number of thiazole rings is 1. The molecule has 12 heteroatoms. The van der Waals surface area contributed by atoms with Crippen molar-refractivity contribution < 1.29 is 28.3 Å². The lowest BCUT2D eigenvalue weighted by molar-refractivity contribution is -0.120. The van der Waals surface area contributed by atoms with E-state index in [0.717, 1.165) is 17.4 Å².